The smallest absolute Gasteiger partial charge is 0.189 e. The number of fused-ring (bicyclic) bond motifs is 1. The van der Waals surface area contributed by atoms with Gasteiger partial charge in [0.15, 0.2) is 5.16 Å². The van der Waals surface area contributed by atoms with Gasteiger partial charge in [-0.2, -0.15) is 0 Å². The first-order valence-corrected chi connectivity index (χ1v) is 11.0. The average Bonchev–Trinajstić information content (AvgIpc) is 2.77. The van der Waals surface area contributed by atoms with E-state index in [2.05, 4.69) is 65.3 Å². The van der Waals surface area contributed by atoms with Crippen LogP contribution in [0, 0.1) is 6.92 Å². The summed E-state index contributed by atoms with van der Waals surface area (Å²) in [5.41, 5.74) is 5.23. The Hall–Kier alpha value is -2.66. The zero-order chi connectivity index (χ0) is 20.1. The Balaban J connectivity index is 1.31. The van der Waals surface area contributed by atoms with Crippen molar-refractivity contribution in [1.82, 2.24) is 9.97 Å². The van der Waals surface area contributed by atoms with E-state index < -0.39 is 0 Å². The van der Waals surface area contributed by atoms with E-state index >= 15 is 0 Å². The Morgan fingerprint density at radius 3 is 2.69 bits per heavy atom. The van der Waals surface area contributed by atoms with Crippen LogP contribution >= 0.6 is 11.8 Å². The number of carbonyl (C=O) groups excluding carboxylic acids is 1. The Bertz CT molecular complexity index is 987. The highest BCUT2D eigenvalue weighted by molar-refractivity contribution is 7.99. The summed E-state index contributed by atoms with van der Waals surface area (Å²) < 4.78 is 0. The lowest BCUT2D eigenvalue weighted by atomic mass is 10.00. The third kappa shape index (κ3) is 5.24. The molecular formula is C24H25N3OS. The van der Waals surface area contributed by atoms with Gasteiger partial charge in [0.2, 0.25) is 0 Å². The Kier molecular flexibility index (Phi) is 6.25. The van der Waals surface area contributed by atoms with Gasteiger partial charge in [0, 0.05) is 25.7 Å². The van der Waals surface area contributed by atoms with Crippen LogP contribution in [0.3, 0.4) is 0 Å². The fourth-order valence-corrected chi connectivity index (χ4v) is 4.25. The van der Waals surface area contributed by atoms with E-state index in [0.717, 1.165) is 31.7 Å². The molecule has 0 saturated heterocycles. The number of hydrogen-bond acceptors (Lipinski definition) is 5. The monoisotopic (exact) mass is 403 g/mol. The SMILES string of the molecule is Cc1ccc(CCC(=O)CSc2nccc(N3CCc4ccccc4C3)n2)cc1. The fourth-order valence-electron chi connectivity index (χ4n) is 3.52. The number of benzene rings is 2. The predicted octanol–water partition coefficient (Wildman–Crippen LogP) is 4.64. The molecule has 0 fully saturated rings. The number of aromatic nitrogens is 2. The number of ketones is 1. The van der Waals surface area contributed by atoms with Gasteiger partial charge in [0.05, 0.1) is 5.75 Å². The van der Waals surface area contributed by atoms with Crippen LogP contribution in [0.1, 0.15) is 28.7 Å². The molecule has 5 heteroatoms. The van der Waals surface area contributed by atoms with Gasteiger partial charge in [-0.05, 0) is 42.5 Å². The minimum Gasteiger partial charge on any atom is -0.352 e. The van der Waals surface area contributed by atoms with Crippen LogP contribution in [-0.4, -0.2) is 28.0 Å². The molecular weight excluding hydrogens is 378 g/mol. The highest BCUT2D eigenvalue weighted by Crippen LogP contribution is 2.24. The molecule has 29 heavy (non-hydrogen) atoms. The summed E-state index contributed by atoms with van der Waals surface area (Å²) in [6, 6.07) is 18.9. The average molecular weight is 404 g/mol. The Labute approximate surface area is 176 Å². The molecule has 148 valence electrons. The summed E-state index contributed by atoms with van der Waals surface area (Å²) in [7, 11) is 0. The van der Waals surface area contributed by atoms with Gasteiger partial charge in [-0.1, -0.05) is 65.9 Å². The molecule has 2 aromatic carbocycles. The molecule has 0 spiro atoms. The normalized spacial score (nSPS) is 13.2. The summed E-state index contributed by atoms with van der Waals surface area (Å²) >= 11 is 1.43. The summed E-state index contributed by atoms with van der Waals surface area (Å²) in [4.78, 5) is 23.6. The van der Waals surface area contributed by atoms with E-state index in [9.17, 15) is 4.79 Å². The summed E-state index contributed by atoms with van der Waals surface area (Å²) in [5.74, 6) is 1.58. The minimum atomic E-state index is 0.233. The first kappa shape index (κ1) is 19.6. The summed E-state index contributed by atoms with van der Waals surface area (Å²) in [6.07, 6.45) is 4.16. The van der Waals surface area contributed by atoms with Gasteiger partial charge in [-0.25, -0.2) is 9.97 Å². The minimum absolute atomic E-state index is 0.233. The van der Waals surface area contributed by atoms with Crippen molar-refractivity contribution >= 4 is 23.4 Å². The molecule has 2 heterocycles. The number of aryl methyl sites for hydroxylation is 2. The zero-order valence-electron chi connectivity index (χ0n) is 16.7. The van der Waals surface area contributed by atoms with E-state index in [1.165, 1.54) is 34.0 Å². The van der Waals surface area contributed by atoms with Gasteiger partial charge in [-0.3, -0.25) is 4.79 Å². The Morgan fingerprint density at radius 2 is 1.86 bits per heavy atom. The van der Waals surface area contributed by atoms with Crippen LogP contribution in [0.5, 0.6) is 0 Å². The molecule has 0 N–H and O–H groups in total. The van der Waals surface area contributed by atoms with Crippen LogP contribution in [0.2, 0.25) is 0 Å². The quantitative estimate of drug-likeness (QED) is 0.425. The lowest BCUT2D eigenvalue weighted by Crippen LogP contribution is -2.31. The van der Waals surface area contributed by atoms with E-state index in [1.807, 2.05) is 6.07 Å². The predicted molar refractivity (Wildman–Crippen MR) is 118 cm³/mol. The van der Waals surface area contributed by atoms with Crippen molar-refractivity contribution in [2.75, 3.05) is 17.2 Å². The molecule has 0 aliphatic carbocycles. The van der Waals surface area contributed by atoms with Crippen molar-refractivity contribution in [2.45, 2.75) is 37.9 Å². The maximum atomic E-state index is 12.3. The topological polar surface area (TPSA) is 46.1 Å². The second-order valence-electron chi connectivity index (χ2n) is 7.45. The maximum absolute atomic E-state index is 12.3. The lowest BCUT2D eigenvalue weighted by Gasteiger charge is -2.29. The number of hydrogen-bond donors (Lipinski definition) is 0. The number of carbonyl (C=O) groups is 1. The van der Waals surface area contributed by atoms with Crippen molar-refractivity contribution < 1.29 is 4.79 Å². The first-order chi connectivity index (χ1) is 14.2. The van der Waals surface area contributed by atoms with Crippen molar-refractivity contribution in [2.24, 2.45) is 0 Å². The van der Waals surface area contributed by atoms with Crippen molar-refractivity contribution in [3.63, 3.8) is 0 Å². The molecule has 1 aromatic heterocycles. The van der Waals surface area contributed by atoms with Crippen LogP contribution in [0.4, 0.5) is 5.82 Å². The summed E-state index contributed by atoms with van der Waals surface area (Å²) in [5, 5.41) is 0.671. The second kappa shape index (κ2) is 9.23. The molecule has 0 bridgehead atoms. The third-order valence-electron chi connectivity index (χ3n) is 5.25. The number of anilines is 1. The molecule has 4 nitrogen and oxygen atoms in total. The molecule has 0 saturated carbocycles. The molecule has 3 aromatic rings. The lowest BCUT2D eigenvalue weighted by molar-refractivity contribution is -0.116. The number of rotatable bonds is 7. The molecule has 4 rings (SSSR count). The van der Waals surface area contributed by atoms with Gasteiger partial charge in [0.25, 0.3) is 0 Å². The van der Waals surface area contributed by atoms with E-state index in [1.54, 1.807) is 6.20 Å². The Morgan fingerprint density at radius 1 is 1.07 bits per heavy atom. The van der Waals surface area contributed by atoms with Gasteiger partial charge >= 0.3 is 0 Å². The fraction of sp³-hybridized carbons (Fsp3) is 0.292. The summed E-state index contributed by atoms with van der Waals surface area (Å²) in [6.45, 7) is 3.89. The number of thioether (sulfide) groups is 1. The zero-order valence-corrected chi connectivity index (χ0v) is 17.5. The highest BCUT2D eigenvalue weighted by atomic mass is 32.2. The maximum Gasteiger partial charge on any atom is 0.189 e. The number of Topliss-reactive ketones (excluding diaryl/α,β-unsaturated/α-hetero) is 1. The van der Waals surface area contributed by atoms with E-state index in [4.69, 9.17) is 4.98 Å². The molecule has 1 aliphatic rings. The first-order valence-electron chi connectivity index (χ1n) is 10.0. The van der Waals surface area contributed by atoms with Gasteiger partial charge in [-0.15, -0.1) is 0 Å². The van der Waals surface area contributed by atoms with Crippen molar-refractivity contribution in [3.8, 4) is 0 Å². The molecule has 1 aliphatic heterocycles. The molecule has 0 unspecified atom stereocenters. The third-order valence-corrected chi connectivity index (χ3v) is 6.17. The van der Waals surface area contributed by atoms with Gasteiger partial charge in [0.1, 0.15) is 11.6 Å². The van der Waals surface area contributed by atoms with Crippen molar-refractivity contribution in [3.05, 3.63) is 83.0 Å². The second-order valence-corrected chi connectivity index (χ2v) is 8.39. The largest absolute Gasteiger partial charge is 0.352 e. The number of nitrogens with zero attached hydrogens (tertiary/aromatic N) is 3. The molecule has 0 atom stereocenters. The van der Waals surface area contributed by atoms with Crippen LogP contribution in [-0.2, 0) is 24.2 Å². The van der Waals surface area contributed by atoms with Crippen LogP contribution in [0.15, 0.2) is 66.0 Å². The van der Waals surface area contributed by atoms with Gasteiger partial charge < -0.3 is 4.90 Å². The molecule has 0 amide bonds. The van der Waals surface area contributed by atoms with E-state index in [0.29, 0.717) is 17.3 Å². The standard InChI is InChI=1S/C24H25N3OS/c1-18-6-8-19(9-7-18)10-11-22(28)17-29-24-25-14-12-23(26-24)27-15-13-20-4-2-3-5-21(20)16-27/h2-9,12,14H,10-11,13,15-17H2,1H3. The molecule has 0 radical (unpaired) electrons. The van der Waals surface area contributed by atoms with Crippen LogP contribution < -0.4 is 4.90 Å². The highest BCUT2D eigenvalue weighted by Gasteiger charge is 2.17. The van der Waals surface area contributed by atoms with Crippen LogP contribution in [0.25, 0.3) is 0 Å². The van der Waals surface area contributed by atoms with E-state index in [-0.39, 0.29) is 5.78 Å². The van der Waals surface area contributed by atoms with Crippen molar-refractivity contribution in [1.29, 1.82) is 0 Å².